The maximum atomic E-state index is 13.1. The summed E-state index contributed by atoms with van der Waals surface area (Å²) >= 11 is 6.23. The SMILES string of the molecule is O=C(O)C1=Cc2ccc(-c3ccccc3)c(Cl)c2OC1C(F)(F)F. The Morgan fingerprint density at radius 3 is 2.38 bits per heavy atom. The molecule has 3 nitrogen and oxygen atoms in total. The Bertz CT molecular complexity index is 829. The molecule has 24 heavy (non-hydrogen) atoms. The Kier molecular flexibility index (Phi) is 4.01. The fourth-order valence-electron chi connectivity index (χ4n) is 2.49. The Balaban J connectivity index is 2.15. The number of benzene rings is 2. The van der Waals surface area contributed by atoms with Gasteiger partial charge in [-0.05, 0) is 11.6 Å². The quantitative estimate of drug-likeness (QED) is 0.842. The minimum atomic E-state index is -4.87. The molecule has 2 aromatic rings. The minimum absolute atomic E-state index is 0.00800. The molecule has 0 fully saturated rings. The first-order valence-electron chi connectivity index (χ1n) is 6.85. The van der Waals surface area contributed by atoms with E-state index in [-0.39, 0.29) is 16.3 Å². The van der Waals surface area contributed by atoms with Crippen molar-refractivity contribution < 1.29 is 27.8 Å². The lowest BCUT2D eigenvalue weighted by molar-refractivity contribution is -0.187. The van der Waals surface area contributed by atoms with Crippen molar-refractivity contribution in [3.63, 3.8) is 0 Å². The summed E-state index contributed by atoms with van der Waals surface area (Å²) in [5.74, 6) is -1.86. The summed E-state index contributed by atoms with van der Waals surface area (Å²) in [6.45, 7) is 0. The van der Waals surface area contributed by atoms with Crippen LogP contribution in [-0.2, 0) is 4.79 Å². The van der Waals surface area contributed by atoms with E-state index in [9.17, 15) is 18.0 Å². The van der Waals surface area contributed by atoms with Crippen molar-refractivity contribution in [3.8, 4) is 16.9 Å². The van der Waals surface area contributed by atoms with Crippen LogP contribution in [0.5, 0.6) is 5.75 Å². The first-order valence-corrected chi connectivity index (χ1v) is 7.23. The zero-order valence-electron chi connectivity index (χ0n) is 12.0. The van der Waals surface area contributed by atoms with Gasteiger partial charge in [-0.3, -0.25) is 0 Å². The van der Waals surface area contributed by atoms with E-state index >= 15 is 0 Å². The summed E-state index contributed by atoms with van der Waals surface area (Å²) in [5, 5.41) is 9.03. The normalized spacial score (nSPS) is 16.8. The van der Waals surface area contributed by atoms with Crippen LogP contribution in [0.25, 0.3) is 17.2 Å². The number of carbonyl (C=O) groups is 1. The Hall–Kier alpha value is -2.47. The van der Waals surface area contributed by atoms with Gasteiger partial charge in [0.2, 0.25) is 6.10 Å². The maximum Gasteiger partial charge on any atom is 0.430 e. The second kappa shape index (κ2) is 5.87. The van der Waals surface area contributed by atoms with Gasteiger partial charge < -0.3 is 9.84 Å². The van der Waals surface area contributed by atoms with Gasteiger partial charge in [-0.25, -0.2) is 4.79 Å². The van der Waals surface area contributed by atoms with Gasteiger partial charge in [0, 0.05) is 11.1 Å². The second-order valence-corrected chi connectivity index (χ2v) is 5.53. The Morgan fingerprint density at radius 1 is 1.12 bits per heavy atom. The van der Waals surface area contributed by atoms with Crippen LogP contribution in [0.4, 0.5) is 13.2 Å². The molecule has 0 spiro atoms. The fraction of sp³-hybridized carbons (Fsp3) is 0.118. The molecule has 1 unspecified atom stereocenters. The molecule has 1 atom stereocenters. The number of ether oxygens (including phenoxy) is 1. The molecular weight excluding hydrogens is 345 g/mol. The lowest BCUT2D eigenvalue weighted by Crippen LogP contribution is -2.40. The van der Waals surface area contributed by atoms with Crippen LogP contribution in [0, 0.1) is 0 Å². The third-order valence-corrected chi connectivity index (χ3v) is 3.96. The van der Waals surface area contributed by atoms with Gasteiger partial charge >= 0.3 is 12.1 Å². The van der Waals surface area contributed by atoms with E-state index in [1.54, 1.807) is 36.4 Å². The van der Waals surface area contributed by atoms with Crippen LogP contribution in [0.15, 0.2) is 48.0 Å². The summed E-state index contributed by atoms with van der Waals surface area (Å²) in [5.41, 5.74) is 0.533. The summed E-state index contributed by atoms with van der Waals surface area (Å²) in [7, 11) is 0. The van der Waals surface area contributed by atoms with Crippen molar-refractivity contribution in [3.05, 3.63) is 58.6 Å². The summed E-state index contributed by atoms with van der Waals surface area (Å²) in [4.78, 5) is 11.1. The highest BCUT2D eigenvalue weighted by atomic mass is 35.5. The monoisotopic (exact) mass is 354 g/mol. The number of alkyl halides is 3. The molecule has 3 rings (SSSR count). The lowest BCUT2D eigenvalue weighted by atomic mass is 9.97. The lowest BCUT2D eigenvalue weighted by Gasteiger charge is -2.28. The Labute approximate surface area is 139 Å². The molecule has 124 valence electrons. The third-order valence-electron chi connectivity index (χ3n) is 3.59. The van der Waals surface area contributed by atoms with E-state index in [0.29, 0.717) is 11.1 Å². The molecule has 0 saturated heterocycles. The van der Waals surface area contributed by atoms with E-state index in [1.807, 2.05) is 0 Å². The van der Waals surface area contributed by atoms with Crippen molar-refractivity contribution in [1.82, 2.24) is 0 Å². The van der Waals surface area contributed by atoms with Gasteiger partial charge in [0.25, 0.3) is 0 Å². The number of aliphatic carboxylic acids is 1. The number of halogens is 4. The van der Waals surface area contributed by atoms with Gasteiger partial charge in [-0.2, -0.15) is 13.2 Å². The predicted molar refractivity (Wildman–Crippen MR) is 83.0 cm³/mol. The summed E-state index contributed by atoms with van der Waals surface area (Å²) in [6, 6.07) is 12.0. The van der Waals surface area contributed by atoms with E-state index in [1.165, 1.54) is 6.07 Å². The summed E-state index contributed by atoms with van der Waals surface area (Å²) in [6.07, 6.45) is -6.49. The van der Waals surface area contributed by atoms with Crippen molar-refractivity contribution in [2.75, 3.05) is 0 Å². The van der Waals surface area contributed by atoms with Crippen LogP contribution in [0.1, 0.15) is 5.56 Å². The van der Waals surface area contributed by atoms with Gasteiger partial charge in [0.05, 0.1) is 10.6 Å². The van der Waals surface area contributed by atoms with Crippen molar-refractivity contribution in [2.45, 2.75) is 12.3 Å². The van der Waals surface area contributed by atoms with E-state index in [4.69, 9.17) is 21.4 Å². The van der Waals surface area contributed by atoms with Gasteiger partial charge in [-0.15, -0.1) is 0 Å². The Morgan fingerprint density at radius 2 is 1.79 bits per heavy atom. The third kappa shape index (κ3) is 2.85. The van der Waals surface area contributed by atoms with Crippen LogP contribution >= 0.6 is 11.6 Å². The van der Waals surface area contributed by atoms with E-state index in [2.05, 4.69) is 0 Å². The molecule has 2 aromatic carbocycles. The van der Waals surface area contributed by atoms with Crippen molar-refractivity contribution in [1.29, 1.82) is 0 Å². The van der Waals surface area contributed by atoms with Crippen molar-refractivity contribution in [2.24, 2.45) is 0 Å². The highest BCUT2D eigenvalue weighted by molar-refractivity contribution is 6.35. The summed E-state index contributed by atoms with van der Waals surface area (Å²) < 4.78 is 44.3. The molecule has 1 N–H and O–H groups in total. The zero-order chi connectivity index (χ0) is 17.5. The number of fused-ring (bicyclic) bond motifs is 1. The minimum Gasteiger partial charge on any atom is -0.478 e. The first-order chi connectivity index (χ1) is 11.3. The largest absolute Gasteiger partial charge is 0.478 e. The van der Waals surface area contributed by atoms with Crippen molar-refractivity contribution >= 4 is 23.6 Å². The molecule has 0 aliphatic carbocycles. The maximum absolute atomic E-state index is 13.1. The highest BCUT2D eigenvalue weighted by Crippen LogP contribution is 2.44. The molecule has 0 radical (unpaired) electrons. The predicted octanol–water partition coefficient (Wildman–Crippen LogP) is 4.80. The first kappa shape index (κ1) is 16.4. The molecule has 0 saturated carbocycles. The number of rotatable bonds is 2. The number of carboxylic acid groups (broad SMARTS) is 1. The fourth-order valence-corrected chi connectivity index (χ4v) is 2.81. The van der Waals surface area contributed by atoms with Crippen LogP contribution < -0.4 is 4.74 Å². The van der Waals surface area contributed by atoms with Crippen LogP contribution in [-0.4, -0.2) is 23.4 Å². The molecule has 1 aliphatic rings. The molecule has 7 heteroatoms. The van der Waals surface area contributed by atoms with Crippen LogP contribution in [0.2, 0.25) is 5.02 Å². The molecule has 0 amide bonds. The van der Waals surface area contributed by atoms with Gasteiger partial charge in [0.1, 0.15) is 5.75 Å². The van der Waals surface area contributed by atoms with E-state index in [0.717, 1.165) is 6.08 Å². The molecule has 0 bridgehead atoms. The van der Waals surface area contributed by atoms with Gasteiger partial charge in [-0.1, -0.05) is 54.1 Å². The molecule has 1 heterocycles. The number of hydrogen-bond acceptors (Lipinski definition) is 2. The standard InChI is InChI=1S/C17H10ClF3O3/c18-13-11(9-4-2-1-3-5-9)7-6-10-8-12(16(22)23)15(17(19,20)21)24-14(10)13/h1-8,15H,(H,22,23). The van der Waals surface area contributed by atoms with Gasteiger partial charge in [0.15, 0.2) is 0 Å². The zero-order valence-corrected chi connectivity index (χ0v) is 12.7. The number of hydrogen-bond donors (Lipinski definition) is 1. The number of carboxylic acids is 1. The topological polar surface area (TPSA) is 46.5 Å². The van der Waals surface area contributed by atoms with Crippen LogP contribution in [0.3, 0.4) is 0 Å². The average molecular weight is 355 g/mol. The second-order valence-electron chi connectivity index (χ2n) is 5.16. The molecule has 0 aromatic heterocycles. The molecular formula is C17H10ClF3O3. The van der Waals surface area contributed by atoms with E-state index < -0.39 is 23.8 Å². The smallest absolute Gasteiger partial charge is 0.430 e. The average Bonchev–Trinajstić information content (AvgIpc) is 2.54. The highest BCUT2D eigenvalue weighted by Gasteiger charge is 2.48. The molecule has 1 aliphatic heterocycles.